The maximum atomic E-state index is 12.4. The Balaban J connectivity index is 1.78. The molecule has 4 aromatic rings. The van der Waals surface area contributed by atoms with Crippen LogP contribution in [0.1, 0.15) is 6.92 Å². The molecule has 0 radical (unpaired) electrons. The molecule has 0 saturated heterocycles. The Labute approximate surface area is 154 Å². The molecule has 2 heterocycles. The second-order valence-electron chi connectivity index (χ2n) is 5.76. The van der Waals surface area contributed by atoms with Gasteiger partial charge in [-0.3, -0.25) is 4.57 Å². The maximum Gasteiger partial charge on any atom is 0.345 e. The van der Waals surface area contributed by atoms with Crippen molar-refractivity contribution < 1.29 is 9.15 Å². The molecule has 0 bridgehead atoms. The zero-order chi connectivity index (χ0) is 18.1. The average Bonchev–Trinajstić information content (AvgIpc) is 3.03. The quantitative estimate of drug-likeness (QED) is 0.421. The fraction of sp³-hybridized carbons (Fsp3) is 0.100. The molecule has 2 aromatic heterocycles. The van der Waals surface area contributed by atoms with E-state index in [0.29, 0.717) is 28.2 Å². The van der Waals surface area contributed by atoms with Crippen LogP contribution < -0.4 is 10.4 Å². The van der Waals surface area contributed by atoms with Crippen LogP contribution in [0.5, 0.6) is 5.75 Å². The summed E-state index contributed by atoms with van der Waals surface area (Å²) in [5, 5.41) is 0.857. The molecule has 0 unspecified atom stereocenters. The lowest BCUT2D eigenvalue weighted by Gasteiger charge is -2.05. The smallest absolute Gasteiger partial charge is 0.345 e. The van der Waals surface area contributed by atoms with Crippen LogP contribution in [0.25, 0.3) is 27.9 Å². The molecular weight excluding hydrogens is 348 g/mol. The van der Waals surface area contributed by atoms with E-state index < -0.39 is 5.63 Å². The number of aromatic nitrogens is 2. The summed E-state index contributed by atoms with van der Waals surface area (Å²) in [5.74, 6) is 0.800. The van der Waals surface area contributed by atoms with Crippen molar-refractivity contribution in [3.05, 3.63) is 76.0 Å². The van der Waals surface area contributed by atoms with Crippen molar-refractivity contribution in [2.24, 2.45) is 0 Å². The summed E-state index contributed by atoms with van der Waals surface area (Å²) in [4.78, 5) is 15.5. The first-order valence-corrected chi connectivity index (χ1v) is 8.64. The Morgan fingerprint density at radius 3 is 2.69 bits per heavy atom. The van der Waals surface area contributed by atoms with Crippen molar-refractivity contribution in [1.29, 1.82) is 0 Å². The van der Waals surface area contributed by atoms with Crippen molar-refractivity contribution in [3.8, 4) is 22.7 Å². The van der Waals surface area contributed by atoms with Gasteiger partial charge in [-0.2, -0.15) is 0 Å². The largest absolute Gasteiger partial charge is 0.494 e. The van der Waals surface area contributed by atoms with Gasteiger partial charge >= 0.3 is 5.63 Å². The summed E-state index contributed by atoms with van der Waals surface area (Å²) in [7, 11) is 0. The predicted octanol–water partition coefficient (Wildman–Crippen LogP) is 4.71. The van der Waals surface area contributed by atoms with E-state index in [9.17, 15) is 4.79 Å². The van der Waals surface area contributed by atoms with E-state index in [4.69, 9.17) is 21.4 Å². The highest BCUT2D eigenvalue weighted by Gasteiger charge is 2.11. The molecule has 130 valence electrons. The Bertz CT molecular complexity index is 1190. The van der Waals surface area contributed by atoms with Gasteiger partial charge in [0.05, 0.1) is 17.9 Å². The minimum Gasteiger partial charge on any atom is -0.494 e. The second-order valence-corrected chi connectivity index (χ2v) is 6.14. The first kappa shape index (κ1) is 16.4. The number of hydrogen-bond acceptors (Lipinski definition) is 4. The Morgan fingerprint density at radius 1 is 1.15 bits per heavy atom. The Morgan fingerprint density at radius 2 is 1.92 bits per heavy atom. The van der Waals surface area contributed by atoms with E-state index >= 15 is 0 Å². The third-order valence-corrected chi connectivity index (χ3v) is 4.37. The third kappa shape index (κ3) is 2.95. The minimum atomic E-state index is -0.404. The molecule has 0 aliphatic rings. The predicted molar refractivity (Wildman–Crippen MR) is 104 cm³/mol. The number of rotatable bonds is 4. The normalized spacial score (nSPS) is 11.0. The van der Waals surface area contributed by atoms with Crippen molar-refractivity contribution in [2.75, 3.05) is 6.61 Å². The Hall–Kier alpha value is -3.12. The lowest BCUT2D eigenvalue weighted by Crippen LogP contribution is -2.02. The van der Waals surface area contributed by atoms with E-state index in [1.807, 2.05) is 60.0 Å². The zero-order valence-corrected chi connectivity index (χ0v) is 14.9. The van der Waals surface area contributed by atoms with Crippen LogP contribution in [0.15, 0.2) is 70.0 Å². The van der Waals surface area contributed by atoms with Gasteiger partial charge in [-0.05, 0) is 55.5 Å². The van der Waals surface area contributed by atoms with Gasteiger partial charge < -0.3 is 14.1 Å². The monoisotopic (exact) mass is 364 g/mol. The molecule has 26 heavy (non-hydrogen) atoms. The van der Waals surface area contributed by atoms with Crippen molar-refractivity contribution >= 4 is 23.2 Å². The number of aromatic amines is 1. The summed E-state index contributed by atoms with van der Waals surface area (Å²) in [5.41, 5.74) is 2.10. The van der Waals surface area contributed by atoms with Crippen molar-refractivity contribution in [3.63, 3.8) is 0 Å². The van der Waals surface area contributed by atoms with E-state index in [2.05, 4.69) is 4.98 Å². The van der Waals surface area contributed by atoms with Crippen molar-refractivity contribution in [2.45, 2.75) is 6.92 Å². The molecule has 5 nitrogen and oxygen atoms in total. The van der Waals surface area contributed by atoms with E-state index in [1.54, 1.807) is 12.3 Å². The number of fused-ring (bicyclic) bond motifs is 1. The molecule has 1 N–H and O–H groups in total. The third-order valence-electron chi connectivity index (χ3n) is 4.08. The molecule has 0 saturated carbocycles. The van der Waals surface area contributed by atoms with Gasteiger partial charge in [0, 0.05) is 17.3 Å². The van der Waals surface area contributed by atoms with Crippen LogP contribution in [0.4, 0.5) is 0 Å². The topological polar surface area (TPSA) is 60.2 Å². The SMILES string of the molecule is CCOc1ccc(-n2cc(-c3cc4ccccc4oc3=O)[nH]c2=S)cc1. The summed E-state index contributed by atoms with van der Waals surface area (Å²) in [6.07, 6.45) is 1.80. The number of para-hydroxylation sites is 1. The van der Waals surface area contributed by atoms with Crippen molar-refractivity contribution in [1.82, 2.24) is 9.55 Å². The second kappa shape index (κ2) is 6.65. The standard InChI is InChI=1S/C20H16N2O3S/c1-2-24-15-9-7-14(8-10-15)22-12-17(21-20(22)26)16-11-13-5-3-4-6-18(13)25-19(16)23/h3-12H,2H2,1H3,(H,21,26). The number of nitrogens with zero attached hydrogens (tertiary/aromatic N) is 1. The highest BCUT2D eigenvalue weighted by Crippen LogP contribution is 2.22. The minimum absolute atomic E-state index is 0.404. The lowest BCUT2D eigenvalue weighted by atomic mass is 10.1. The van der Waals surface area contributed by atoms with Gasteiger partial charge in [0.2, 0.25) is 0 Å². The lowest BCUT2D eigenvalue weighted by molar-refractivity contribution is 0.340. The first-order chi connectivity index (χ1) is 12.7. The van der Waals surface area contributed by atoms with Crippen LogP contribution in [0, 0.1) is 4.77 Å². The maximum absolute atomic E-state index is 12.4. The van der Waals surface area contributed by atoms with Crippen LogP contribution in [0.3, 0.4) is 0 Å². The number of imidazole rings is 1. The number of hydrogen-bond donors (Lipinski definition) is 1. The number of H-pyrrole nitrogens is 1. The van der Waals surface area contributed by atoms with Crippen LogP contribution in [-0.4, -0.2) is 16.2 Å². The van der Waals surface area contributed by atoms with Gasteiger partial charge in [0.15, 0.2) is 4.77 Å². The first-order valence-electron chi connectivity index (χ1n) is 8.24. The molecule has 0 aliphatic heterocycles. The highest BCUT2D eigenvalue weighted by molar-refractivity contribution is 7.71. The molecule has 0 aliphatic carbocycles. The zero-order valence-electron chi connectivity index (χ0n) is 14.1. The summed E-state index contributed by atoms with van der Waals surface area (Å²) >= 11 is 5.42. The van der Waals surface area contributed by atoms with Gasteiger partial charge in [0.1, 0.15) is 11.3 Å². The molecular formula is C20H16N2O3S. The van der Waals surface area contributed by atoms with Crippen LogP contribution in [-0.2, 0) is 0 Å². The molecule has 4 rings (SSSR count). The molecule has 2 aromatic carbocycles. The number of benzene rings is 2. The van der Waals surface area contributed by atoms with Gasteiger partial charge in [-0.1, -0.05) is 18.2 Å². The van der Waals surface area contributed by atoms with E-state index in [1.165, 1.54) is 0 Å². The van der Waals surface area contributed by atoms with E-state index in [0.717, 1.165) is 16.8 Å². The molecule has 0 atom stereocenters. The van der Waals surface area contributed by atoms with E-state index in [-0.39, 0.29) is 0 Å². The number of nitrogens with one attached hydrogen (secondary N) is 1. The highest BCUT2D eigenvalue weighted by atomic mass is 32.1. The van der Waals surface area contributed by atoms with Gasteiger partial charge in [-0.15, -0.1) is 0 Å². The fourth-order valence-corrected chi connectivity index (χ4v) is 3.11. The van der Waals surface area contributed by atoms with Gasteiger partial charge in [-0.25, -0.2) is 4.79 Å². The number of ether oxygens (including phenoxy) is 1. The molecule has 0 spiro atoms. The molecule has 6 heteroatoms. The van der Waals surface area contributed by atoms with Crippen LogP contribution in [0.2, 0.25) is 0 Å². The van der Waals surface area contributed by atoms with Crippen LogP contribution >= 0.6 is 12.2 Å². The van der Waals surface area contributed by atoms with Gasteiger partial charge in [0.25, 0.3) is 0 Å². The Kier molecular flexibility index (Phi) is 4.18. The molecule has 0 fully saturated rings. The average molecular weight is 364 g/mol. The fourth-order valence-electron chi connectivity index (χ4n) is 2.84. The summed E-state index contributed by atoms with van der Waals surface area (Å²) in [6.45, 7) is 2.56. The summed E-state index contributed by atoms with van der Waals surface area (Å²) in [6, 6.07) is 16.8. The summed E-state index contributed by atoms with van der Waals surface area (Å²) < 4.78 is 13.2. The molecule has 0 amide bonds.